The molecule has 0 bridgehead atoms. The van der Waals surface area contributed by atoms with Gasteiger partial charge in [-0.2, -0.15) is 0 Å². The van der Waals surface area contributed by atoms with Crippen LogP contribution in [0.4, 0.5) is 0 Å². The van der Waals surface area contributed by atoms with Crippen LogP contribution in [0.15, 0.2) is 11.8 Å². The summed E-state index contributed by atoms with van der Waals surface area (Å²) in [4.78, 5) is 22.6. The maximum Gasteiger partial charge on any atom is 0.306 e. The fourth-order valence-electron chi connectivity index (χ4n) is 2.17. The normalized spacial score (nSPS) is 13.7. The van der Waals surface area contributed by atoms with Gasteiger partial charge in [-0.15, -0.1) is 0 Å². The maximum absolute atomic E-state index is 11.8. The van der Waals surface area contributed by atoms with Crippen LogP contribution in [0.5, 0.6) is 0 Å². The Labute approximate surface area is 139 Å². The summed E-state index contributed by atoms with van der Waals surface area (Å²) in [6, 6.07) is 0. The number of hydrogen-bond acceptors (Lipinski definition) is 5. The number of nitrogens with zero attached hydrogens (tertiary/aromatic N) is 1. The molecule has 0 saturated carbocycles. The monoisotopic (exact) mass is 329 g/mol. The molecule has 1 unspecified atom stereocenters. The van der Waals surface area contributed by atoms with E-state index in [9.17, 15) is 19.8 Å². The lowest BCUT2D eigenvalue weighted by atomic mass is 10.1. The van der Waals surface area contributed by atoms with Gasteiger partial charge in [-0.3, -0.25) is 4.79 Å². The lowest BCUT2D eigenvalue weighted by Crippen LogP contribution is -2.45. The molecule has 0 amide bonds. The van der Waals surface area contributed by atoms with Crippen molar-refractivity contribution in [2.75, 3.05) is 27.7 Å². The summed E-state index contributed by atoms with van der Waals surface area (Å²) in [5.74, 6) is -1.37. The van der Waals surface area contributed by atoms with Crippen LogP contribution in [0.1, 0.15) is 51.9 Å². The summed E-state index contributed by atoms with van der Waals surface area (Å²) in [6.07, 6.45) is 4.80. The Kier molecular flexibility index (Phi) is 10.3. The Hall–Kier alpha value is -1.56. The van der Waals surface area contributed by atoms with Crippen LogP contribution in [-0.2, 0) is 14.3 Å². The van der Waals surface area contributed by atoms with Crippen molar-refractivity contribution in [3.63, 3.8) is 0 Å². The third-order valence-electron chi connectivity index (χ3n) is 3.20. The molecule has 1 N–H and O–H groups in total. The predicted molar refractivity (Wildman–Crippen MR) is 86.5 cm³/mol. The summed E-state index contributed by atoms with van der Waals surface area (Å²) in [7, 11) is 5.69. The minimum atomic E-state index is -1.23. The molecule has 0 heterocycles. The van der Waals surface area contributed by atoms with Gasteiger partial charge in [-0.05, 0) is 25.3 Å². The molecule has 23 heavy (non-hydrogen) atoms. The highest BCUT2D eigenvalue weighted by Gasteiger charge is 2.22. The molecular weight excluding hydrogens is 298 g/mol. The summed E-state index contributed by atoms with van der Waals surface area (Å²) in [5, 5.41) is 20.4. The van der Waals surface area contributed by atoms with Gasteiger partial charge in [0.15, 0.2) is 6.10 Å². The first-order valence-corrected chi connectivity index (χ1v) is 8.21. The van der Waals surface area contributed by atoms with Gasteiger partial charge in [0.25, 0.3) is 0 Å². The minimum absolute atomic E-state index is 0.159. The van der Waals surface area contributed by atoms with E-state index in [1.54, 1.807) is 6.08 Å². The molecular formula is C17H31NO5. The number of likely N-dealkylation sites (N-methyl/N-ethyl adjacent to an activating group) is 1. The van der Waals surface area contributed by atoms with Crippen LogP contribution >= 0.6 is 0 Å². The molecule has 0 radical (unpaired) electrons. The number of esters is 1. The summed E-state index contributed by atoms with van der Waals surface area (Å²) in [6.45, 7) is 2.49. The lowest BCUT2D eigenvalue weighted by molar-refractivity contribution is -0.873. The number of aliphatic carboxylic acids is 1. The van der Waals surface area contributed by atoms with E-state index in [1.807, 2.05) is 21.1 Å². The van der Waals surface area contributed by atoms with Crippen molar-refractivity contribution in [3.05, 3.63) is 11.8 Å². The number of carboxylic acids is 1. The zero-order valence-electron chi connectivity index (χ0n) is 14.8. The predicted octanol–water partition coefficient (Wildman–Crippen LogP) is 1.55. The molecule has 0 rings (SSSR count). The van der Waals surface area contributed by atoms with Gasteiger partial charge in [0, 0.05) is 25.2 Å². The zero-order valence-corrected chi connectivity index (χ0v) is 14.8. The standard InChI is InChI=1S/C17H31NO5/c1-5-6-7-9-14(19)10-8-11-17(22)23-15(12-16(20)21)13-18(2,3)4/h9,15H,5-8,10-13H2,1-4H3,(H-,19,20,21)/b14-9-. The van der Waals surface area contributed by atoms with E-state index in [2.05, 4.69) is 6.92 Å². The number of rotatable bonds is 12. The Morgan fingerprint density at radius 3 is 2.39 bits per heavy atom. The molecule has 0 fully saturated rings. The quantitative estimate of drug-likeness (QED) is 0.254. The molecule has 0 saturated heterocycles. The van der Waals surface area contributed by atoms with Crippen molar-refractivity contribution in [3.8, 4) is 0 Å². The smallest absolute Gasteiger partial charge is 0.306 e. The number of aliphatic hydroxyl groups excluding tert-OH is 1. The van der Waals surface area contributed by atoms with Crippen molar-refractivity contribution in [1.82, 2.24) is 0 Å². The highest BCUT2D eigenvalue weighted by atomic mass is 16.5. The molecule has 6 nitrogen and oxygen atoms in total. The first-order chi connectivity index (χ1) is 10.6. The van der Waals surface area contributed by atoms with Gasteiger partial charge in [0.2, 0.25) is 0 Å². The number of carboxylic acid groups (broad SMARTS) is 1. The zero-order chi connectivity index (χ0) is 17.9. The number of aliphatic hydroxyl groups is 1. The van der Waals surface area contributed by atoms with Gasteiger partial charge in [-0.25, -0.2) is 0 Å². The average Bonchev–Trinajstić information content (AvgIpc) is 2.35. The number of ether oxygens (including phenoxy) is 1. The van der Waals surface area contributed by atoms with E-state index in [1.165, 1.54) is 0 Å². The summed E-state index contributed by atoms with van der Waals surface area (Å²) < 4.78 is 5.73. The lowest BCUT2D eigenvalue weighted by Gasteiger charge is -2.29. The SMILES string of the molecule is CCCC/C=C(\O)CCCC(=O)OC(CC(=O)[O-])C[N+](C)(C)C. The van der Waals surface area contributed by atoms with E-state index in [4.69, 9.17) is 4.74 Å². The van der Waals surface area contributed by atoms with Gasteiger partial charge < -0.3 is 24.2 Å². The van der Waals surface area contributed by atoms with E-state index in [0.717, 1.165) is 19.3 Å². The Balaban J connectivity index is 4.21. The molecule has 1 atom stereocenters. The van der Waals surface area contributed by atoms with Crippen molar-refractivity contribution >= 4 is 11.9 Å². The molecule has 0 aromatic carbocycles. The third-order valence-corrected chi connectivity index (χ3v) is 3.20. The van der Waals surface area contributed by atoms with E-state index in [0.29, 0.717) is 29.6 Å². The molecule has 0 aromatic heterocycles. The second kappa shape index (κ2) is 11.0. The Morgan fingerprint density at radius 1 is 1.22 bits per heavy atom. The maximum atomic E-state index is 11.8. The van der Waals surface area contributed by atoms with Crippen molar-refractivity contribution in [1.29, 1.82) is 0 Å². The summed E-state index contributed by atoms with van der Waals surface area (Å²) >= 11 is 0. The average molecular weight is 329 g/mol. The molecule has 6 heteroatoms. The van der Waals surface area contributed by atoms with Gasteiger partial charge >= 0.3 is 5.97 Å². The molecule has 134 valence electrons. The number of allylic oxidation sites excluding steroid dienone is 2. The number of hydrogen-bond donors (Lipinski definition) is 1. The van der Waals surface area contributed by atoms with E-state index >= 15 is 0 Å². The van der Waals surface area contributed by atoms with E-state index in [-0.39, 0.29) is 12.8 Å². The second-order valence-corrected chi connectivity index (χ2v) is 6.85. The first-order valence-electron chi connectivity index (χ1n) is 8.21. The fraction of sp³-hybridized carbons (Fsp3) is 0.765. The van der Waals surface area contributed by atoms with Gasteiger partial charge in [0.1, 0.15) is 6.54 Å². The fourth-order valence-corrected chi connectivity index (χ4v) is 2.17. The van der Waals surface area contributed by atoms with Crippen LogP contribution in [0, 0.1) is 0 Å². The second-order valence-electron chi connectivity index (χ2n) is 6.85. The van der Waals surface area contributed by atoms with Crippen molar-refractivity contribution in [2.45, 2.75) is 58.0 Å². The summed E-state index contributed by atoms with van der Waals surface area (Å²) in [5.41, 5.74) is 0. The van der Waals surface area contributed by atoms with Gasteiger partial charge in [-0.1, -0.05) is 13.3 Å². The third kappa shape index (κ3) is 13.8. The number of carbonyl (C=O) groups is 2. The van der Waals surface area contributed by atoms with Crippen LogP contribution in [0.2, 0.25) is 0 Å². The highest BCUT2D eigenvalue weighted by molar-refractivity contribution is 5.70. The van der Waals surface area contributed by atoms with Crippen LogP contribution in [-0.4, -0.2) is 55.3 Å². The van der Waals surface area contributed by atoms with Crippen molar-refractivity contribution < 1.29 is 29.0 Å². The van der Waals surface area contributed by atoms with E-state index < -0.39 is 18.0 Å². The highest BCUT2D eigenvalue weighted by Crippen LogP contribution is 2.10. The Morgan fingerprint density at radius 2 is 1.87 bits per heavy atom. The van der Waals surface area contributed by atoms with Crippen molar-refractivity contribution in [2.24, 2.45) is 0 Å². The van der Waals surface area contributed by atoms with Gasteiger partial charge in [0.05, 0.1) is 26.9 Å². The molecule has 0 aromatic rings. The van der Waals surface area contributed by atoms with Crippen LogP contribution in [0.25, 0.3) is 0 Å². The largest absolute Gasteiger partial charge is 0.550 e. The Bertz CT molecular complexity index is 398. The first kappa shape index (κ1) is 21.4. The number of quaternary nitrogens is 1. The number of unbranched alkanes of at least 4 members (excludes halogenated alkanes) is 2. The minimum Gasteiger partial charge on any atom is -0.550 e. The van der Waals surface area contributed by atoms with Crippen LogP contribution in [0.3, 0.4) is 0 Å². The topological polar surface area (TPSA) is 86.7 Å². The molecule has 0 aliphatic rings. The number of carbonyl (C=O) groups excluding carboxylic acids is 2. The molecule has 0 spiro atoms. The molecule has 0 aliphatic heterocycles. The molecule has 0 aliphatic carbocycles. The van der Waals surface area contributed by atoms with Crippen LogP contribution < -0.4 is 5.11 Å².